The van der Waals surface area contributed by atoms with Gasteiger partial charge in [0, 0.05) is 5.56 Å². The number of hydrogen-bond donors (Lipinski definition) is 0. The van der Waals surface area contributed by atoms with E-state index in [1.165, 1.54) is 5.56 Å². The second-order valence-electron chi connectivity index (χ2n) is 4.17. The van der Waals surface area contributed by atoms with Crippen molar-refractivity contribution in [2.24, 2.45) is 0 Å². The Morgan fingerprint density at radius 2 is 2.06 bits per heavy atom. The average Bonchev–Trinajstić information content (AvgIpc) is 2.89. The van der Waals surface area contributed by atoms with E-state index in [0.717, 1.165) is 23.2 Å². The van der Waals surface area contributed by atoms with Crippen LogP contribution >= 0.6 is 0 Å². The van der Waals surface area contributed by atoms with E-state index in [1.54, 1.807) is 4.68 Å². The standard InChI is InChI=1S/C13H12N2O2/c1-9-2-4-10(5-3-9)15-13(6-16)11-7-17-8-12(11)14-15/h2-6H,7-8H2,1H3. The summed E-state index contributed by atoms with van der Waals surface area (Å²) in [6.07, 6.45) is 0.848. The number of aryl methyl sites for hydroxylation is 1. The fourth-order valence-electron chi connectivity index (χ4n) is 2.04. The molecule has 1 aliphatic rings. The summed E-state index contributed by atoms with van der Waals surface area (Å²) in [5.74, 6) is 0. The van der Waals surface area contributed by atoms with Gasteiger partial charge in [0.25, 0.3) is 0 Å². The number of benzene rings is 1. The molecular weight excluding hydrogens is 216 g/mol. The van der Waals surface area contributed by atoms with Crippen molar-refractivity contribution in [3.05, 3.63) is 46.8 Å². The molecule has 1 aliphatic heterocycles. The molecule has 1 aromatic heterocycles. The van der Waals surface area contributed by atoms with Gasteiger partial charge < -0.3 is 4.74 Å². The molecule has 86 valence electrons. The van der Waals surface area contributed by atoms with Crippen molar-refractivity contribution in [2.75, 3.05) is 0 Å². The molecule has 3 rings (SSSR count). The molecule has 0 aliphatic carbocycles. The normalized spacial score (nSPS) is 13.7. The van der Waals surface area contributed by atoms with Crippen LogP contribution in [-0.2, 0) is 18.0 Å². The number of ether oxygens (including phenoxy) is 1. The van der Waals surface area contributed by atoms with Gasteiger partial charge in [-0.1, -0.05) is 17.7 Å². The minimum Gasteiger partial charge on any atom is -0.370 e. The summed E-state index contributed by atoms with van der Waals surface area (Å²) in [6.45, 7) is 3.01. The molecule has 0 unspecified atom stereocenters. The van der Waals surface area contributed by atoms with Gasteiger partial charge in [-0.15, -0.1) is 0 Å². The summed E-state index contributed by atoms with van der Waals surface area (Å²) in [5.41, 5.74) is 4.48. The van der Waals surface area contributed by atoms with Crippen LogP contribution in [0.25, 0.3) is 5.69 Å². The Balaban J connectivity index is 2.15. The molecular formula is C13H12N2O2. The zero-order chi connectivity index (χ0) is 11.8. The number of aromatic nitrogens is 2. The van der Waals surface area contributed by atoms with E-state index in [1.807, 2.05) is 31.2 Å². The number of aldehydes is 1. The van der Waals surface area contributed by atoms with Gasteiger partial charge >= 0.3 is 0 Å². The van der Waals surface area contributed by atoms with Gasteiger partial charge in [0.1, 0.15) is 5.69 Å². The quantitative estimate of drug-likeness (QED) is 0.739. The third-order valence-corrected chi connectivity index (χ3v) is 2.98. The summed E-state index contributed by atoms with van der Waals surface area (Å²) >= 11 is 0. The summed E-state index contributed by atoms with van der Waals surface area (Å²) in [4.78, 5) is 11.2. The lowest BCUT2D eigenvalue weighted by molar-refractivity contribution is 0.110. The molecule has 0 N–H and O–H groups in total. The molecule has 0 saturated heterocycles. The van der Waals surface area contributed by atoms with Crippen LogP contribution in [0.1, 0.15) is 27.3 Å². The lowest BCUT2D eigenvalue weighted by atomic mass is 10.2. The molecule has 0 atom stereocenters. The number of carbonyl (C=O) groups is 1. The molecule has 0 bridgehead atoms. The van der Waals surface area contributed by atoms with Crippen molar-refractivity contribution >= 4 is 6.29 Å². The monoisotopic (exact) mass is 228 g/mol. The predicted octanol–water partition coefficient (Wildman–Crippen LogP) is 2.02. The van der Waals surface area contributed by atoms with Crippen LogP contribution in [-0.4, -0.2) is 16.1 Å². The predicted molar refractivity (Wildman–Crippen MR) is 62.2 cm³/mol. The summed E-state index contributed by atoms with van der Waals surface area (Å²) in [7, 11) is 0. The highest BCUT2D eigenvalue weighted by Crippen LogP contribution is 2.24. The maximum atomic E-state index is 11.2. The molecule has 0 fully saturated rings. The van der Waals surface area contributed by atoms with Crippen LogP contribution in [0.2, 0.25) is 0 Å². The van der Waals surface area contributed by atoms with Crippen LogP contribution in [0.4, 0.5) is 0 Å². The van der Waals surface area contributed by atoms with Crippen molar-refractivity contribution in [3.8, 4) is 5.69 Å². The van der Waals surface area contributed by atoms with Crippen molar-refractivity contribution in [2.45, 2.75) is 20.1 Å². The molecule has 4 nitrogen and oxygen atoms in total. The van der Waals surface area contributed by atoms with Crippen molar-refractivity contribution < 1.29 is 9.53 Å². The minimum absolute atomic E-state index is 0.481. The smallest absolute Gasteiger partial charge is 0.168 e. The first-order chi connectivity index (χ1) is 8.29. The highest BCUT2D eigenvalue weighted by Gasteiger charge is 2.22. The lowest BCUT2D eigenvalue weighted by Crippen LogP contribution is -2.03. The molecule has 0 radical (unpaired) electrons. The molecule has 4 heteroatoms. The Morgan fingerprint density at radius 1 is 1.29 bits per heavy atom. The molecule has 0 amide bonds. The van der Waals surface area contributed by atoms with E-state index in [0.29, 0.717) is 18.9 Å². The van der Waals surface area contributed by atoms with E-state index < -0.39 is 0 Å². The molecule has 17 heavy (non-hydrogen) atoms. The van der Waals surface area contributed by atoms with Gasteiger partial charge in [0.05, 0.1) is 24.6 Å². The van der Waals surface area contributed by atoms with Crippen molar-refractivity contribution in [3.63, 3.8) is 0 Å². The Hall–Kier alpha value is -1.94. The first kappa shape index (κ1) is 10.2. The van der Waals surface area contributed by atoms with E-state index in [9.17, 15) is 4.79 Å². The van der Waals surface area contributed by atoms with Crippen LogP contribution in [0, 0.1) is 6.92 Å². The van der Waals surface area contributed by atoms with Crippen LogP contribution in [0.5, 0.6) is 0 Å². The molecule has 1 aromatic carbocycles. The SMILES string of the molecule is Cc1ccc(-n2nc3c(c2C=O)COC3)cc1. The molecule has 0 saturated carbocycles. The second-order valence-corrected chi connectivity index (χ2v) is 4.17. The number of hydrogen-bond acceptors (Lipinski definition) is 3. The molecule has 2 heterocycles. The highest BCUT2D eigenvalue weighted by atomic mass is 16.5. The van der Waals surface area contributed by atoms with Crippen LogP contribution in [0.3, 0.4) is 0 Å². The summed E-state index contributed by atoms with van der Waals surface area (Å²) in [5, 5.41) is 4.42. The maximum absolute atomic E-state index is 11.2. The Morgan fingerprint density at radius 3 is 2.76 bits per heavy atom. The largest absolute Gasteiger partial charge is 0.370 e. The second kappa shape index (κ2) is 3.82. The van der Waals surface area contributed by atoms with Crippen LogP contribution in [0.15, 0.2) is 24.3 Å². The lowest BCUT2D eigenvalue weighted by Gasteiger charge is -2.05. The Bertz CT molecular complexity index is 570. The number of carbonyl (C=O) groups excluding carboxylic acids is 1. The number of fused-ring (bicyclic) bond motifs is 1. The van der Waals surface area contributed by atoms with Crippen molar-refractivity contribution in [1.82, 2.24) is 9.78 Å². The first-order valence-corrected chi connectivity index (χ1v) is 5.50. The third kappa shape index (κ3) is 1.57. The third-order valence-electron chi connectivity index (χ3n) is 2.98. The first-order valence-electron chi connectivity index (χ1n) is 5.50. The van der Waals surface area contributed by atoms with E-state index in [4.69, 9.17) is 4.74 Å². The van der Waals surface area contributed by atoms with Gasteiger partial charge in [-0.2, -0.15) is 5.10 Å². The fraction of sp³-hybridized carbons (Fsp3) is 0.231. The Kier molecular flexibility index (Phi) is 2.30. The van der Waals surface area contributed by atoms with E-state index in [-0.39, 0.29) is 0 Å². The Labute approximate surface area is 98.8 Å². The summed E-state index contributed by atoms with van der Waals surface area (Å²) < 4.78 is 6.97. The van der Waals surface area contributed by atoms with Gasteiger partial charge in [-0.05, 0) is 19.1 Å². The highest BCUT2D eigenvalue weighted by molar-refractivity contribution is 5.76. The zero-order valence-corrected chi connectivity index (χ0v) is 9.51. The van der Waals surface area contributed by atoms with E-state index in [2.05, 4.69) is 5.10 Å². The topological polar surface area (TPSA) is 44.1 Å². The van der Waals surface area contributed by atoms with Gasteiger partial charge in [0.15, 0.2) is 6.29 Å². The van der Waals surface area contributed by atoms with Crippen molar-refractivity contribution in [1.29, 1.82) is 0 Å². The zero-order valence-electron chi connectivity index (χ0n) is 9.51. The minimum atomic E-state index is 0.481. The number of rotatable bonds is 2. The van der Waals surface area contributed by atoms with E-state index >= 15 is 0 Å². The summed E-state index contributed by atoms with van der Waals surface area (Å²) in [6, 6.07) is 7.94. The maximum Gasteiger partial charge on any atom is 0.168 e. The van der Waals surface area contributed by atoms with Gasteiger partial charge in [-0.25, -0.2) is 4.68 Å². The number of nitrogens with zero attached hydrogens (tertiary/aromatic N) is 2. The molecule has 0 spiro atoms. The van der Waals surface area contributed by atoms with Gasteiger partial charge in [-0.3, -0.25) is 4.79 Å². The fourth-order valence-corrected chi connectivity index (χ4v) is 2.04. The average molecular weight is 228 g/mol. The molecule has 2 aromatic rings. The van der Waals surface area contributed by atoms with Gasteiger partial charge in [0.2, 0.25) is 0 Å². The van der Waals surface area contributed by atoms with Crippen LogP contribution < -0.4 is 0 Å².